The van der Waals surface area contributed by atoms with Gasteiger partial charge in [-0.3, -0.25) is 4.90 Å². The van der Waals surface area contributed by atoms with Gasteiger partial charge in [0.1, 0.15) is 0 Å². The van der Waals surface area contributed by atoms with Crippen LogP contribution in [-0.4, -0.2) is 41.7 Å². The Kier molecular flexibility index (Phi) is 6.21. The maximum Gasteiger partial charge on any atom is 0.188 e. The molecule has 1 saturated heterocycles. The molecular formula is C17H28N4O. The van der Waals surface area contributed by atoms with Crippen LogP contribution in [0.15, 0.2) is 29.3 Å². The molecule has 4 N–H and O–H groups in total. The first kappa shape index (κ1) is 16.8. The van der Waals surface area contributed by atoms with Crippen molar-refractivity contribution in [1.29, 1.82) is 0 Å². The number of guanidine groups is 1. The summed E-state index contributed by atoms with van der Waals surface area (Å²) < 4.78 is 0. The van der Waals surface area contributed by atoms with Gasteiger partial charge in [-0.15, -0.1) is 0 Å². The summed E-state index contributed by atoms with van der Waals surface area (Å²) in [5.74, 6) is 1.04. The number of hydrogen-bond acceptors (Lipinski definition) is 3. The average Bonchev–Trinajstić information content (AvgIpc) is 2.89. The summed E-state index contributed by atoms with van der Waals surface area (Å²) in [6.45, 7) is 8.28. The van der Waals surface area contributed by atoms with Crippen molar-refractivity contribution < 1.29 is 5.11 Å². The van der Waals surface area contributed by atoms with Gasteiger partial charge in [-0.25, -0.2) is 4.99 Å². The Balaban J connectivity index is 1.94. The second kappa shape index (κ2) is 8.15. The zero-order valence-electron chi connectivity index (χ0n) is 13.6. The van der Waals surface area contributed by atoms with Crippen LogP contribution < -0.4 is 11.1 Å². The summed E-state index contributed by atoms with van der Waals surface area (Å²) in [5.41, 5.74) is 8.35. The van der Waals surface area contributed by atoms with E-state index in [9.17, 15) is 5.11 Å². The highest BCUT2D eigenvalue weighted by molar-refractivity contribution is 5.77. The first-order valence-electron chi connectivity index (χ1n) is 8.05. The molecule has 0 aromatic heterocycles. The van der Waals surface area contributed by atoms with Crippen LogP contribution in [0.4, 0.5) is 0 Å². The summed E-state index contributed by atoms with van der Waals surface area (Å²) in [4.78, 5) is 6.72. The first-order chi connectivity index (χ1) is 10.5. The molecule has 1 unspecified atom stereocenters. The fraction of sp³-hybridized carbons (Fsp3) is 0.588. The number of benzene rings is 1. The lowest BCUT2D eigenvalue weighted by atomic mass is 10.1. The Labute approximate surface area is 133 Å². The van der Waals surface area contributed by atoms with Crippen LogP contribution >= 0.6 is 0 Å². The number of likely N-dealkylation sites (tertiary alicyclic amines) is 1. The third-order valence-corrected chi connectivity index (χ3v) is 3.87. The van der Waals surface area contributed by atoms with Crippen LogP contribution in [0.2, 0.25) is 0 Å². The van der Waals surface area contributed by atoms with Gasteiger partial charge in [-0.2, -0.15) is 0 Å². The quantitative estimate of drug-likeness (QED) is 0.547. The molecule has 0 amide bonds. The van der Waals surface area contributed by atoms with Crippen molar-refractivity contribution in [3.05, 3.63) is 35.4 Å². The van der Waals surface area contributed by atoms with Crippen molar-refractivity contribution in [3.63, 3.8) is 0 Å². The van der Waals surface area contributed by atoms with Gasteiger partial charge in [0.15, 0.2) is 5.96 Å². The monoisotopic (exact) mass is 304 g/mol. The third-order valence-electron chi connectivity index (χ3n) is 3.87. The summed E-state index contributed by atoms with van der Waals surface area (Å²) in [6, 6.07) is 8.31. The predicted octanol–water partition coefficient (Wildman–Crippen LogP) is 1.31. The van der Waals surface area contributed by atoms with E-state index in [-0.39, 0.29) is 6.10 Å². The number of aliphatic hydroxyl groups is 1. The molecule has 5 heteroatoms. The standard InChI is InChI=1S/C17H28N4O/c1-13(2)9-19-17(18)20-10-14-5-3-4-6-15(14)11-21-8-7-16(22)12-21/h3-6,13,16,22H,7-12H2,1-2H3,(H3,18,19,20). The molecule has 0 bridgehead atoms. The van der Waals surface area contributed by atoms with E-state index in [0.717, 1.165) is 32.6 Å². The van der Waals surface area contributed by atoms with Gasteiger partial charge in [0, 0.05) is 26.2 Å². The topological polar surface area (TPSA) is 73.9 Å². The molecule has 0 spiro atoms. The van der Waals surface area contributed by atoms with Crippen molar-refractivity contribution in [1.82, 2.24) is 10.2 Å². The van der Waals surface area contributed by atoms with Crippen LogP contribution in [0, 0.1) is 5.92 Å². The summed E-state index contributed by atoms with van der Waals surface area (Å²) in [7, 11) is 0. The van der Waals surface area contributed by atoms with Crippen molar-refractivity contribution in [2.45, 2.75) is 39.5 Å². The number of hydrogen-bond donors (Lipinski definition) is 3. The number of nitrogens with two attached hydrogens (primary N) is 1. The fourth-order valence-electron chi connectivity index (χ4n) is 2.60. The highest BCUT2D eigenvalue weighted by Gasteiger charge is 2.20. The summed E-state index contributed by atoms with van der Waals surface area (Å²) >= 11 is 0. The molecule has 0 aliphatic carbocycles. The van der Waals surface area contributed by atoms with Crippen LogP contribution in [-0.2, 0) is 13.1 Å². The van der Waals surface area contributed by atoms with E-state index in [0.29, 0.717) is 18.4 Å². The minimum absolute atomic E-state index is 0.180. The van der Waals surface area contributed by atoms with Gasteiger partial charge in [0.2, 0.25) is 0 Å². The second-order valence-corrected chi connectivity index (χ2v) is 6.42. The maximum atomic E-state index is 9.64. The Morgan fingerprint density at radius 1 is 1.41 bits per heavy atom. The number of β-amino-alcohol motifs (C(OH)–C–C–N with tert-alkyl or cyclic N) is 1. The smallest absolute Gasteiger partial charge is 0.188 e. The number of rotatable bonds is 6. The summed E-state index contributed by atoms with van der Waals surface area (Å²) in [6.07, 6.45) is 0.688. The Morgan fingerprint density at radius 2 is 2.14 bits per heavy atom. The SMILES string of the molecule is CC(C)CNC(N)=NCc1ccccc1CN1CCC(O)C1. The van der Waals surface area contributed by atoms with E-state index >= 15 is 0 Å². The van der Waals surface area contributed by atoms with Crippen molar-refractivity contribution in [3.8, 4) is 0 Å². The van der Waals surface area contributed by atoms with E-state index in [4.69, 9.17) is 5.73 Å². The lowest BCUT2D eigenvalue weighted by molar-refractivity contribution is 0.174. The minimum atomic E-state index is -0.180. The number of nitrogens with zero attached hydrogens (tertiary/aromatic N) is 2. The van der Waals surface area contributed by atoms with E-state index in [2.05, 4.69) is 47.3 Å². The minimum Gasteiger partial charge on any atom is -0.392 e. The van der Waals surface area contributed by atoms with Gasteiger partial charge < -0.3 is 16.2 Å². The third kappa shape index (κ3) is 5.31. The van der Waals surface area contributed by atoms with Gasteiger partial charge in [-0.1, -0.05) is 38.1 Å². The molecule has 0 radical (unpaired) electrons. The number of aliphatic imine (C=N–C) groups is 1. The van der Waals surface area contributed by atoms with Crippen LogP contribution in [0.1, 0.15) is 31.4 Å². The Morgan fingerprint density at radius 3 is 2.77 bits per heavy atom. The van der Waals surface area contributed by atoms with Gasteiger partial charge in [-0.05, 0) is 23.5 Å². The Bertz CT molecular complexity index is 501. The first-order valence-corrected chi connectivity index (χ1v) is 8.05. The van der Waals surface area contributed by atoms with E-state index in [1.807, 2.05) is 6.07 Å². The van der Waals surface area contributed by atoms with Gasteiger partial charge in [0.05, 0.1) is 12.6 Å². The normalized spacial score (nSPS) is 19.8. The molecule has 1 aromatic carbocycles. The maximum absolute atomic E-state index is 9.64. The van der Waals surface area contributed by atoms with Crippen LogP contribution in [0.25, 0.3) is 0 Å². The zero-order valence-corrected chi connectivity index (χ0v) is 13.6. The van der Waals surface area contributed by atoms with Crippen LogP contribution in [0.5, 0.6) is 0 Å². The predicted molar refractivity (Wildman–Crippen MR) is 90.5 cm³/mol. The van der Waals surface area contributed by atoms with E-state index in [1.54, 1.807) is 0 Å². The molecule has 2 rings (SSSR count). The highest BCUT2D eigenvalue weighted by atomic mass is 16.3. The zero-order chi connectivity index (χ0) is 15.9. The van der Waals surface area contributed by atoms with Gasteiger partial charge in [0.25, 0.3) is 0 Å². The van der Waals surface area contributed by atoms with Gasteiger partial charge >= 0.3 is 0 Å². The van der Waals surface area contributed by atoms with Crippen molar-refractivity contribution in [2.75, 3.05) is 19.6 Å². The lowest BCUT2D eigenvalue weighted by Gasteiger charge is -2.17. The molecule has 1 heterocycles. The fourth-order valence-corrected chi connectivity index (χ4v) is 2.60. The molecule has 1 aliphatic heterocycles. The van der Waals surface area contributed by atoms with Crippen LogP contribution in [0.3, 0.4) is 0 Å². The molecule has 0 saturated carbocycles. The average molecular weight is 304 g/mol. The number of aliphatic hydroxyl groups excluding tert-OH is 1. The Hall–Kier alpha value is -1.59. The molecule has 1 fully saturated rings. The summed E-state index contributed by atoms with van der Waals surface area (Å²) in [5, 5.41) is 12.8. The lowest BCUT2D eigenvalue weighted by Crippen LogP contribution is -2.34. The van der Waals surface area contributed by atoms with Crippen molar-refractivity contribution in [2.24, 2.45) is 16.6 Å². The van der Waals surface area contributed by atoms with E-state index < -0.39 is 0 Å². The molecular weight excluding hydrogens is 276 g/mol. The molecule has 22 heavy (non-hydrogen) atoms. The molecule has 1 aromatic rings. The number of nitrogens with one attached hydrogen (secondary N) is 1. The van der Waals surface area contributed by atoms with Crippen molar-refractivity contribution >= 4 is 5.96 Å². The van der Waals surface area contributed by atoms with E-state index in [1.165, 1.54) is 11.1 Å². The molecule has 122 valence electrons. The molecule has 1 atom stereocenters. The molecule has 5 nitrogen and oxygen atoms in total. The largest absolute Gasteiger partial charge is 0.392 e. The second-order valence-electron chi connectivity index (χ2n) is 6.42. The molecule has 1 aliphatic rings. The highest BCUT2D eigenvalue weighted by Crippen LogP contribution is 2.17.